The first-order valence-electron chi connectivity index (χ1n) is 16.0. The van der Waals surface area contributed by atoms with Crippen LogP contribution in [0.1, 0.15) is 58.3 Å². The fourth-order valence-electron chi connectivity index (χ4n) is 6.46. The number of amides is 2. The van der Waals surface area contributed by atoms with E-state index in [1.54, 1.807) is 18.6 Å². The molecule has 232 valence electrons. The van der Waals surface area contributed by atoms with E-state index in [2.05, 4.69) is 46.5 Å². The number of carbonyl (C=O) groups excluding carboxylic acids is 2. The smallest absolute Gasteiger partial charge is 0.233 e. The van der Waals surface area contributed by atoms with Crippen molar-refractivity contribution in [2.24, 2.45) is 5.41 Å². The summed E-state index contributed by atoms with van der Waals surface area (Å²) in [5.74, 6) is 0.733. The summed E-state index contributed by atoms with van der Waals surface area (Å²) in [6, 6.07) is 20.2. The van der Waals surface area contributed by atoms with Crippen molar-refractivity contribution in [1.29, 1.82) is 0 Å². The number of anilines is 3. The number of aromatic nitrogens is 3. The fourth-order valence-corrected chi connectivity index (χ4v) is 6.66. The summed E-state index contributed by atoms with van der Waals surface area (Å²) in [5, 5.41) is 3.71. The lowest BCUT2D eigenvalue weighted by Crippen LogP contribution is -2.46. The van der Waals surface area contributed by atoms with Gasteiger partial charge in [-0.3, -0.25) is 14.6 Å². The molecular formula is C36H39ClN6O2. The highest BCUT2D eigenvalue weighted by Gasteiger charge is 2.49. The van der Waals surface area contributed by atoms with Crippen LogP contribution in [-0.2, 0) is 9.59 Å². The normalized spacial score (nSPS) is 15.9. The molecule has 2 aliphatic heterocycles. The second kappa shape index (κ2) is 13.8. The first-order chi connectivity index (χ1) is 22.0. The number of piperidine rings is 1. The Morgan fingerprint density at radius 3 is 2.44 bits per heavy atom. The summed E-state index contributed by atoms with van der Waals surface area (Å²) in [4.78, 5) is 43.8. The molecule has 0 atom stereocenters. The molecular weight excluding hydrogens is 584 g/mol. The van der Waals surface area contributed by atoms with E-state index in [1.807, 2.05) is 46.2 Å². The zero-order chi connectivity index (χ0) is 31.2. The monoisotopic (exact) mass is 622 g/mol. The van der Waals surface area contributed by atoms with Gasteiger partial charge in [0.1, 0.15) is 0 Å². The van der Waals surface area contributed by atoms with Crippen molar-refractivity contribution in [1.82, 2.24) is 19.9 Å². The lowest BCUT2D eigenvalue weighted by atomic mass is 9.77. The Kier molecular flexibility index (Phi) is 9.40. The Balaban J connectivity index is 1.12. The van der Waals surface area contributed by atoms with Crippen molar-refractivity contribution in [3.05, 3.63) is 84.3 Å². The second-order valence-corrected chi connectivity index (χ2v) is 12.5. The number of pyridine rings is 1. The second-order valence-electron chi connectivity index (χ2n) is 12.1. The van der Waals surface area contributed by atoms with E-state index in [-0.39, 0.29) is 11.8 Å². The van der Waals surface area contributed by atoms with E-state index in [0.717, 1.165) is 48.1 Å². The van der Waals surface area contributed by atoms with Gasteiger partial charge in [-0.1, -0.05) is 86.3 Å². The minimum atomic E-state index is -0.412. The molecule has 0 saturated carbocycles. The molecule has 4 heterocycles. The van der Waals surface area contributed by atoms with Crippen LogP contribution >= 0.6 is 11.6 Å². The van der Waals surface area contributed by atoms with Crippen LogP contribution in [-0.4, -0.2) is 51.3 Å². The number of hydrogen-bond donors (Lipinski definition) is 1. The van der Waals surface area contributed by atoms with Crippen LogP contribution in [0.15, 0.2) is 79.3 Å². The van der Waals surface area contributed by atoms with Crippen LogP contribution in [0.3, 0.4) is 0 Å². The molecule has 0 aliphatic carbocycles. The zero-order valence-electron chi connectivity index (χ0n) is 25.7. The number of benzene rings is 2. The van der Waals surface area contributed by atoms with Crippen molar-refractivity contribution in [2.45, 2.75) is 58.3 Å². The predicted octanol–water partition coefficient (Wildman–Crippen LogP) is 7.92. The van der Waals surface area contributed by atoms with E-state index in [0.29, 0.717) is 61.2 Å². The molecule has 0 radical (unpaired) electrons. The summed E-state index contributed by atoms with van der Waals surface area (Å²) < 4.78 is 0. The summed E-state index contributed by atoms with van der Waals surface area (Å²) in [6.45, 7) is 4.11. The molecule has 4 aromatic rings. The van der Waals surface area contributed by atoms with Crippen LogP contribution in [0.4, 0.5) is 17.3 Å². The maximum absolute atomic E-state index is 13.8. The Morgan fingerprint density at radius 1 is 0.889 bits per heavy atom. The number of carbonyl (C=O) groups is 2. The molecule has 6 rings (SSSR count). The maximum atomic E-state index is 13.8. The summed E-state index contributed by atoms with van der Waals surface area (Å²) in [5.41, 5.74) is 4.69. The zero-order valence-corrected chi connectivity index (χ0v) is 26.5. The van der Waals surface area contributed by atoms with Crippen molar-refractivity contribution >= 4 is 40.7 Å². The van der Waals surface area contributed by atoms with Gasteiger partial charge in [0.25, 0.3) is 0 Å². The molecule has 8 nitrogen and oxygen atoms in total. The lowest BCUT2D eigenvalue weighted by molar-refractivity contribution is -0.137. The Hall–Kier alpha value is -4.30. The Morgan fingerprint density at radius 2 is 1.64 bits per heavy atom. The van der Waals surface area contributed by atoms with Crippen molar-refractivity contribution in [2.75, 3.05) is 29.9 Å². The van der Waals surface area contributed by atoms with Gasteiger partial charge in [0.05, 0.1) is 46.1 Å². The third-order valence-electron chi connectivity index (χ3n) is 9.11. The first-order valence-corrected chi connectivity index (χ1v) is 16.3. The van der Waals surface area contributed by atoms with Crippen LogP contribution in [0.5, 0.6) is 0 Å². The number of likely N-dealkylation sites (tertiary alicyclic amines) is 1. The number of unbranched alkanes of at least 4 members (excludes halogenated alkanes) is 3. The standard InChI is InChI=1S/C36H39ClN6O2/c1-2-3-4-8-14-32(44)42-18-15-36(16-19-42)17-20-43(34(36)45)30-22-29(23-38-24-30)40-35-39-25-31(37)33(41-35)28-13-9-12-27(21-28)26-10-6-5-7-11-26/h5-7,9-13,21-25H,2-4,8,14-20H2,1H3,(H,39,40,41). The van der Waals surface area contributed by atoms with E-state index in [9.17, 15) is 9.59 Å². The lowest BCUT2D eigenvalue weighted by Gasteiger charge is -2.38. The SMILES string of the molecule is CCCCCCC(=O)N1CCC2(CC1)CCN(c1cncc(Nc3ncc(Cl)c(-c4cccc(-c5ccccc5)c4)n3)c1)C2=O. The van der Waals surface area contributed by atoms with E-state index in [4.69, 9.17) is 16.6 Å². The largest absolute Gasteiger partial charge is 0.343 e. The van der Waals surface area contributed by atoms with E-state index in [1.165, 1.54) is 6.42 Å². The molecule has 0 bridgehead atoms. The average molecular weight is 623 g/mol. The highest BCUT2D eigenvalue weighted by Crippen LogP contribution is 2.43. The van der Waals surface area contributed by atoms with E-state index >= 15 is 0 Å². The number of halogens is 1. The van der Waals surface area contributed by atoms with Gasteiger partial charge in [-0.2, -0.15) is 0 Å². The third-order valence-corrected chi connectivity index (χ3v) is 9.39. The van der Waals surface area contributed by atoms with Gasteiger partial charge < -0.3 is 15.1 Å². The van der Waals surface area contributed by atoms with Gasteiger partial charge in [0.2, 0.25) is 17.8 Å². The van der Waals surface area contributed by atoms with Gasteiger partial charge >= 0.3 is 0 Å². The molecule has 1 N–H and O–H groups in total. The van der Waals surface area contributed by atoms with Crippen LogP contribution in [0.25, 0.3) is 22.4 Å². The van der Waals surface area contributed by atoms with Gasteiger partial charge in [-0.15, -0.1) is 0 Å². The summed E-state index contributed by atoms with van der Waals surface area (Å²) in [7, 11) is 0. The van der Waals surface area contributed by atoms with Crippen LogP contribution in [0, 0.1) is 5.41 Å². The molecule has 2 aromatic carbocycles. The third kappa shape index (κ3) is 6.86. The van der Waals surface area contributed by atoms with E-state index < -0.39 is 5.41 Å². The quantitative estimate of drug-likeness (QED) is 0.181. The molecule has 0 unspecified atom stereocenters. The predicted molar refractivity (Wildman–Crippen MR) is 179 cm³/mol. The molecule has 2 amide bonds. The average Bonchev–Trinajstić information content (AvgIpc) is 3.39. The van der Waals surface area contributed by atoms with Gasteiger partial charge in [0.15, 0.2) is 0 Å². The number of hydrogen-bond acceptors (Lipinski definition) is 6. The number of rotatable bonds is 10. The number of nitrogens with zero attached hydrogens (tertiary/aromatic N) is 5. The van der Waals surface area contributed by atoms with Crippen molar-refractivity contribution < 1.29 is 9.59 Å². The Labute approximate surface area is 269 Å². The number of nitrogens with one attached hydrogen (secondary N) is 1. The molecule has 45 heavy (non-hydrogen) atoms. The maximum Gasteiger partial charge on any atom is 0.233 e. The van der Waals surface area contributed by atoms with Crippen LogP contribution < -0.4 is 10.2 Å². The molecule has 9 heteroatoms. The highest BCUT2D eigenvalue weighted by molar-refractivity contribution is 6.33. The first kappa shape index (κ1) is 30.7. The van der Waals surface area contributed by atoms with Crippen LogP contribution in [0.2, 0.25) is 5.02 Å². The summed E-state index contributed by atoms with van der Waals surface area (Å²) in [6.07, 6.45) is 12.2. The topological polar surface area (TPSA) is 91.3 Å². The molecule has 2 fully saturated rings. The van der Waals surface area contributed by atoms with Crippen molar-refractivity contribution in [3.63, 3.8) is 0 Å². The molecule has 2 saturated heterocycles. The fraction of sp³-hybridized carbons (Fsp3) is 0.361. The van der Waals surface area contributed by atoms with Gasteiger partial charge in [0, 0.05) is 31.6 Å². The van der Waals surface area contributed by atoms with Gasteiger partial charge in [-0.25, -0.2) is 9.97 Å². The summed E-state index contributed by atoms with van der Waals surface area (Å²) >= 11 is 6.56. The Bertz CT molecular complexity index is 1650. The van der Waals surface area contributed by atoms with Crippen molar-refractivity contribution in [3.8, 4) is 22.4 Å². The molecule has 2 aliphatic rings. The minimum Gasteiger partial charge on any atom is -0.343 e. The highest BCUT2D eigenvalue weighted by atomic mass is 35.5. The molecule has 1 spiro atoms. The van der Waals surface area contributed by atoms with Gasteiger partial charge in [-0.05, 0) is 48.9 Å². The minimum absolute atomic E-state index is 0.125. The molecule has 2 aromatic heterocycles.